The number of methoxy groups -OCH3 is 1. The van der Waals surface area contributed by atoms with Crippen molar-refractivity contribution < 1.29 is 19.4 Å². The number of hydrogen-bond donors (Lipinski definition) is 3. The number of nitrogens with zero attached hydrogens (tertiary/aromatic N) is 2. The van der Waals surface area contributed by atoms with Crippen LogP contribution in [-0.2, 0) is 11.3 Å². The van der Waals surface area contributed by atoms with E-state index in [1.165, 1.54) is 4.57 Å². The minimum absolute atomic E-state index is 0.0495. The molecule has 0 saturated carbocycles. The lowest BCUT2D eigenvalue weighted by atomic mass is 9.99. The van der Waals surface area contributed by atoms with Gasteiger partial charge in [-0.15, -0.1) is 0 Å². The van der Waals surface area contributed by atoms with E-state index in [0.717, 1.165) is 5.39 Å². The van der Waals surface area contributed by atoms with Crippen LogP contribution >= 0.6 is 0 Å². The molecule has 1 saturated heterocycles. The van der Waals surface area contributed by atoms with Gasteiger partial charge in [0.2, 0.25) is 5.54 Å². The monoisotopic (exact) mass is 390 g/mol. The molecule has 8 nitrogen and oxygen atoms in total. The van der Waals surface area contributed by atoms with Crippen molar-refractivity contribution in [2.45, 2.75) is 19.0 Å². The molecule has 0 aliphatic carbocycles. The van der Waals surface area contributed by atoms with Crippen molar-refractivity contribution in [2.75, 3.05) is 7.11 Å². The number of aryl methyl sites for hydroxylation is 1. The van der Waals surface area contributed by atoms with Crippen LogP contribution in [0, 0.1) is 18.8 Å². The summed E-state index contributed by atoms with van der Waals surface area (Å²) < 4.78 is 6.69. The molecule has 0 radical (unpaired) electrons. The van der Waals surface area contributed by atoms with Crippen LogP contribution in [0.1, 0.15) is 11.3 Å². The molecule has 3 aromatic rings. The SMILES string of the molecule is COc1ccc2cn(C[C@@]3(C#Cc4cccnc4C)NC(=O)NC3=O)c(O)c2c1. The van der Waals surface area contributed by atoms with Crippen molar-refractivity contribution >= 4 is 22.7 Å². The Hall–Kier alpha value is -3.99. The molecule has 0 bridgehead atoms. The molecule has 8 heteroatoms. The van der Waals surface area contributed by atoms with Gasteiger partial charge in [-0.3, -0.25) is 15.1 Å². The summed E-state index contributed by atoms with van der Waals surface area (Å²) in [7, 11) is 1.54. The lowest BCUT2D eigenvalue weighted by molar-refractivity contribution is -0.122. The molecule has 3 amide bonds. The molecular formula is C21H18N4O4. The van der Waals surface area contributed by atoms with E-state index < -0.39 is 17.5 Å². The van der Waals surface area contributed by atoms with Gasteiger partial charge in [0, 0.05) is 28.7 Å². The van der Waals surface area contributed by atoms with Gasteiger partial charge in [-0.2, -0.15) is 0 Å². The zero-order valence-corrected chi connectivity index (χ0v) is 15.8. The molecule has 3 N–H and O–H groups in total. The molecular weight excluding hydrogens is 372 g/mol. The normalized spacial score (nSPS) is 18.1. The van der Waals surface area contributed by atoms with Gasteiger partial charge in [-0.1, -0.05) is 11.8 Å². The van der Waals surface area contributed by atoms with E-state index >= 15 is 0 Å². The summed E-state index contributed by atoms with van der Waals surface area (Å²) in [5.74, 6) is 5.79. The molecule has 1 aliphatic rings. The maximum atomic E-state index is 12.6. The average Bonchev–Trinajstić information content (AvgIpc) is 3.16. The Balaban J connectivity index is 1.77. The first-order valence-corrected chi connectivity index (χ1v) is 8.86. The first-order valence-electron chi connectivity index (χ1n) is 8.86. The third-order valence-corrected chi connectivity index (χ3v) is 4.83. The first kappa shape index (κ1) is 18.4. The predicted molar refractivity (Wildman–Crippen MR) is 105 cm³/mol. The van der Waals surface area contributed by atoms with Gasteiger partial charge in [0.05, 0.1) is 19.3 Å². The number of nitrogens with one attached hydrogen (secondary N) is 2. The van der Waals surface area contributed by atoms with Gasteiger partial charge in [-0.25, -0.2) is 4.79 Å². The van der Waals surface area contributed by atoms with Gasteiger partial charge in [-0.05, 0) is 37.3 Å². The summed E-state index contributed by atoms with van der Waals surface area (Å²) >= 11 is 0. The number of carbonyl (C=O) groups is 2. The topological polar surface area (TPSA) is 105 Å². The van der Waals surface area contributed by atoms with Crippen molar-refractivity contribution in [3.05, 3.63) is 54.0 Å². The maximum absolute atomic E-state index is 12.6. The number of benzene rings is 1. The van der Waals surface area contributed by atoms with Gasteiger partial charge in [0.15, 0.2) is 5.88 Å². The molecule has 1 atom stereocenters. The first-order chi connectivity index (χ1) is 13.9. The molecule has 1 aromatic carbocycles. The molecule has 29 heavy (non-hydrogen) atoms. The number of carbonyl (C=O) groups excluding carboxylic acids is 2. The van der Waals surface area contributed by atoms with E-state index in [2.05, 4.69) is 27.5 Å². The van der Waals surface area contributed by atoms with Gasteiger partial charge in [0.1, 0.15) is 5.75 Å². The van der Waals surface area contributed by atoms with Crippen LogP contribution in [0.4, 0.5) is 4.79 Å². The van der Waals surface area contributed by atoms with Crippen LogP contribution in [0.15, 0.2) is 42.7 Å². The predicted octanol–water partition coefficient (Wildman–Crippen LogP) is 1.69. The average molecular weight is 390 g/mol. The third kappa shape index (κ3) is 3.23. The lowest BCUT2D eigenvalue weighted by Gasteiger charge is -2.20. The number of hydrogen-bond acceptors (Lipinski definition) is 5. The van der Waals surface area contributed by atoms with E-state index in [9.17, 15) is 14.7 Å². The van der Waals surface area contributed by atoms with Crippen molar-refractivity contribution in [2.24, 2.45) is 0 Å². The molecule has 1 aliphatic heterocycles. The number of aromatic nitrogens is 2. The Kier molecular flexibility index (Phi) is 4.35. The highest BCUT2D eigenvalue weighted by atomic mass is 16.5. The molecule has 1 fully saturated rings. The number of urea groups is 1. The number of ether oxygens (including phenoxy) is 1. The highest BCUT2D eigenvalue weighted by Crippen LogP contribution is 2.31. The highest BCUT2D eigenvalue weighted by Gasteiger charge is 2.46. The standard InChI is InChI=1S/C21H18N4O4/c1-13-14(4-3-9-22-13)7-8-21(19(27)23-20(28)24-21)12-25-11-15-5-6-16(29-2)10-17(15)18(25)26/h3-6,9-11,26H,12H2,1-2H3,(H2,23,24,27,28)/t21-/m1/s1. The summed E-state index contributed by atoms with van der Waals surface area (Å²) in [5, 5.41) is 16.8. The minimum atomic E-state index is -1.53. The van der Waals surface area contributed by atoms with Gasteiger partial charge >= 0.3 is 6.03 Å². The van der Waals surface area contributed by atoms with Crippen molar-refractivity contribution in [1.82, 2.24) is 20.2 Å². The van der Waals surface area contributed by atoms with Gasteiger partial charge < -0.3 is 19.7 Å². The zero-order chi connectivity index (χ0) is 20.6. The number of rotatable bonds is 3. The van der Waals surface area contributed by atoms with Crippen molar-refractivity contribution in [3.63, 3.8) is 0 Å². The maximum Gasteiger partial charge on any atom is 0.323 e. The fourth-order valence-corrected chi connectivity index (χ4v) is 3.25. The number of fused-ring (bicyclic) bond motifs is 1. The number of imide groups is 1. The molecule has 0 spiro atoms. The smallest absolute Gasteiger partial charge is 0.323 e. The molecule has 3 heterocycles. The van der Waals surface area contributed by atoms with Crippen LogP contribution < -0.4 is 15.4 Å². The fraction of sp³-hybridized carbons (Fsp3) is 0.190. The zero-order valence-electron chi connectivity index (χ0n) is 15.8. The minimum Gasteiger partial charge on any atom is -0.497 e. The van der Waals surface area contributed by atoms with Crippen LogP contribution in [-0.4, -0.2) is 39.2 Å². The Bertz CT molecular complexity index is 1200. The van der Waals surface area contributed by atoms with E-state index in [1.54, 1.807) is 49.8 Å². The Morgan fingerprint density at radius 2 is 2.14 bits per heavy atom. The van der Waals surface area contributed by atoms with E-state index in [4.69, 9.17) is 4.74 Å². The lowest BCUT2D eigenvalue weighted by Crippen LogP contribution is -2.49. The Labute approximate surface area is 166 Å². The summed E-state index contributed by atoms with van der Waals surface area (Å²) in [4.78, 5) is 28.7. The third-order valence-electron chi connectivity index (χ3n) is 4.83. The highest BCUT2D eigenvalue weighted by molar-refractivity contribution is 6.09. The number of pyridine rings is 1. The van der Waals surface area contributed by atoms with Crippen molar-refractivity contribution in [3.8, 4) is 23.5 Å². The van der Waals surface area contributed by atoms with Crippen LogP contribution in [0.5, 0.6) is 11.6 Å². The summed E-state index contributed by atoms with van der Waals surface area (Å²) in [6.45, 7) is 1.74. The molecule has 2 aromatic heterocycles. The summed E-state index contributed by atoms with van der Waals surface area (Å²) in [6, 6.07) is 8.17. The molecule has 146 valence electrons. The van der Waals surface area contributed by atoms with Crippen LogP contribution in [0.3, 0.4) is 0 Å². The Morgan fingerprint density at radius 3 is 2.83 bits per heavy atom. The number of aromatic hydroxyl groups is 1. The summed E-state index contributed by atoms with van der Waals surface area (Å²) in [5.41, 5.74) is -0.176. The van der Waals surface area contributed by atoms with E-state index in [1.807, 2.05) is 6.92 Å². The largest absolute Gasteiger partial charge is 0.497 e. The second-order valence-electron chi connectivity index (χ2n) is 6.73. The second-order valence-corrected chi connectivity index (χ2v) is 6.73. The molecule has 4 rings (SSSR count). The van der Waals surface area contributed by atoms with Crippen LogP contribution in [0.2, 0.25) is 0 Å². The fourth-order valence-electron chi connectivity index (χ4n) is 3.25. The van der Waals surface area contributed by atoms with Gasteiger partial charge in [0.25, 0.3) is 5.91 Å². The van der Waals surface area contributed by atoms with E-state index in [0.29, 0.717) is 22.4 Å². The number of amides is 3. The van der Waals surface area contributed by atoms with E-state index in [-0.39, 0.29) is 12.4 Å². The quantitative estimate of drug-likeness (QED) is 0.466. The van der Waals surface area contributed by atoms with Crippen LogP contribution in [0.25, 0.3) is 10.8 Å². The second kappa shape index (κ2) is 6.87. The summed E-state index contributed by atoms with van der Waals surface area (Å²) in [6.07, 6.45) is 3.35. The molecule has 0 unspecified atom stereocenters. The van der Waals surface area contributed by atoms with Crippen molar-refractivity contribution in [1.29, 1.82) is 0 Å². The Morgan fingerprint density at radius 1 is 1.31 bits per heavy atom.